The first kappa shape index (κ1) is 26.0. The summed E-state index contributed by atoms with van der Waals surface area (Å²) >= 11 is 2.26. The second-order valence-corrected chi connectivity index (χ2v) is 12.3. The van der Waals surface area contributed by atoms with E-state index in [1.165, 1.54) is 0 Å². The molecule has 14 heteroatoms. The van der Waals surface area contributed by atoms with E-state index in [1.807, 2.05) is 41.1 Å². The standard InChI is InChI=1S/C23H25FIN8O2PS/c1-12-27-21-17(9-20(29-22(21)33(12)36-25)30-23(34)14-8-15(14)24)28-16-6-5-13(19-10-26-11-31(19)2)7-18(16)32(3)37(4)35/h5-7,9-11,14-15,36H,8H2,1-4H3,(H2,28,29,30,34)/t14-,15+,37?/m1/s1. The van der Waals surface area contributed by atoms with E-state index >= 15 is 0 Å². The Morgan fingerprint density at radius 2 is 2.05 bits per heavy atom. The number of alkyl halides is 1. The van der Waals surface area contributed by atoms with Gasteiger partial charge in [-0.25, -0.2) is 23.6 Å². The van der Waals surface area contributed by atoms with Gasteiger partial charge in [0, 0.05) is 32.0 Å². The van der Waals surface area contributed by atoms with E-state index in [0.29, 0.717) is 40.4 Å². The molecule has 4 atom stereocenters. The minimum absolute atomic E-state index is 0.234. The number of carbonyl (C=O) groups is 1. The van der Waals surface area contributed by atoms with Gasteiger partial charge in [-0.05, 0) is 47.5 Å². The zero-order valence-electron chi connectivity index (χ0n) is 20.5. The van der Waals surface area contributed by atoms with Crippen molar-refractivity contribution < 1.29 is 13.4 Å². The number of rotatable bonds is 8. The number of hydrogen-bond acceptors (Lipinski definition) is 6. The molecule has 1 saturated carbocycles. The largest absolute Gasteiger partial charge is 0.352 e. The molecule has 2 unspecified atom stereocenters. The highest BCUT2D eigenvalue weighted by atomic mass is 127. The number of amides is 1. The number of imidazole rings is 2. The lowest BCUT2D eigenvalue weighted by Crippen LogP contribution is -2.20. The van der Waals surface area contributed by atoms with Crippen molar-refractivity contribution in [2.24, 2.45) is 13.0 Å². The van der Waals surface area contributed by atoms with E-state index in [4.69, 9.17) is 4.98 Å². The lowest BCUT2D eigenvalue weighted by atomic mass is 10.1. The van der Waals surface area contributed by atoms with Crippen molar-refractivity contribution >= 4 is 79.4 Å². The van der Waals surface area contributed by atoms with Gasteiger partial charge in [0.15, 0.2) is 5.65 Å². The predicted octanol–water partition coefficient (Wildman–Crippen LogP) is 4.70. The highest BCUT2D eigenvalue weighted by molar-refractivity contribution is 14.2. The Bertz CT molecular complexity index is 1540. The van der Waals surface area contributed by atoms with E-state index in [1.54, 1.807) is 36.2 Å². The fourth-order valence-electron chi connectivity index (χ4n) is 4.05. The molecule has 1 aromatic carbocycles. The molecule has 1 amide bonds. The molecule has 0 spiro atoms. The van der Waals surface area contributed by atoms with E-state index in [2.05, 4.69) is 42.6 Å². The maximum absolute atomic E-state index is 13.5. The molecule has 37 heavy (non-hydrogen) atoms. The number of aromatic nitrogens is 5. The maximum Gasteiger partial charge on any atom is 0.231 e. The second kappa shape index (κ2) is 10.3. The number of anilines is 4. The smallest absolute Gasteiger partial charge is 0.231 e. The van der Waals surface area contributed by atoms with Crippen LogP contribution in [0.15, 0.2) is 36.8 Å². The lowest BCUT2D eigenvalue weighted by Gasteiger charge is -2.22. The number of fused-ring (bicyclic) bond motifs is 1. The summed E-state index contributed by atoms with van der Waals surface area (Å²) < 4.78 is 31.5. The fraction of sp³-hybridized carbons (Fsp3) is 0.304. The van der Waals surface area contributed by atoms with Gasteiger partial charge in [-0.1, -0.05) is 6.07 Å². The predicted molar refractivity (Wildman–Crippen MR) is 156 cm³/mol. The third kappa shape index (κ3) is 5.08. The van der Waals surface area contributed by atoms with Gasteiger partial charge in [-0.3, -0.25) is 13.4 Å². The minimum Gasteiger partial charge on any atom is -0.352 e. The average molecular weight is 654 g/mol. The first-order chi connectivity index (χ1) is 17.7. The number of aryl methyl sites for hydroxylation is 2. The van der Waals surface area contributed by atoms with Crippen molar-refractivity contribution in [1.82, 2.24) is 23.9 Å². The number of hydrogen-bond donors (Lipinski definition) is 2. The molecule has 3 aromatic heterocycles. The van der Waals surface area contributed by atoms with Crippen LogP contribution in [-0.4, -0.2) is 53.4 Å². The SMILES string of the molecule is Cc1nc2c(Nc3ccc(-c4cncn4C)cc3N(C)S(C)=O)cc(NC(=O)[C@@H]3C[C@@H]3F)nc2n1PI. The Hall–Kier alpha value is -2.64. The Morgan fingerprint density at radius 3 is 2.68 bits per heavy atom. The van der Waals surface area contributed by atoms with Crippen LogP contribution in [0.2, 0.25) is 0 Å². The van der Waals surface area contributed by atoms with E-state index < -0.39 is 23.1 Å². The summed E-state index contributed by atoms with van der Waals surface area (Å²) in [6.45, 7) is 1.90. The molecular weight excluding hydrogens is 629 g/mol. The first-order valence-corrected chi connectivity index (χ1v) is 16.9. The number of pyridine rings is 1. The normalized spacial score (nSPS) is 17.9. The van der Waals surface area contributed by atoms with E-state index in [0.717, 1.165) is 17.1 Å². The van der Waals surface area contributed by atoms with Crippen LogP contribution >= 0.6 is 28.4 Å². The Labute approximate surface area is 230 Å². The van der Waals surface area contributed by atoms with Crippen LogP contribution in [0.1, 0.15) is 12.2 Å². The molecule has 0 saturated heterocycles. The van der Waals surface area contributed by atoms with Gasteiger partial charge in [-0.15, -0.1) is 0 Å². The summed E-state index contributed by atoms with van der Waals surface area (Å²) in [6, 6.07) is 7.52. The second-order valence-electron chi connectivity index (χ2n) is 8.82. The summed E-state index contributed by atoms with van der Waals surface area (Å²) in [7, 11) is 2.39. The zero-order valence-corrected chi connectivity index (χ0v) is 24.5. The van der Waals surface area contributed by atoms with Crippen molar-refractivity contribution in [2.45, 2.75) is 19.5 Å². The van der Waals surface area contributed by atoms with Gasteiger partial charge in [0.1, 0.15) is 34.3 Å². The van der Waals surface area contributed by atoms with E-state index in [9.17, 15) is 13.4 Å². The van der Waals surface area contributed by atoms with Crippen molar-refractivity contribution in [1.29, 1.82) is 0 Å². The zero-order chi connectivity index (χ0) is 26.4. The van der Waals surface area contributed by atoms with Gasteiger partial charge < -0.3 is 15.2 Å². The Kier molecular flexibility index (Phi) is 7.20. The molecule has 0 aliphatic heterocycles. The summed E-state index contributed by atoms with van der Waals surface area (Å²) in [5, 5.41) is 6.19. The Morgan fingerprint density at radius 1 is 1.30 bits per heavy atom. The molecule has 1 aliphatic carbocycles. The molecular formula is C23H25FIN8O2PS. The molecule has 0 bridgehead atoms. The Balaban J connectivity index is 1.60. The third-order valence-electron chi connectivity index (χ3n) is 6.27. The van der Waals surface area contributed by atoms with Crippen molar-refractivity contribution in [3.05, 3.63) is 42.6 Å². The van der Waals surface area contributed by atoms with E-state index in [-0.39, 0.29) is 12.3 Å². The van der Waals surface area contributed by atoms with Crippen LogP contribution in [0.25, 0.3) is 22.4 Å². The first-order valence-electron chi connectivity index (χ1n) is 11.3. The highest BCUT2D eigenvalue weighted by Crippen LogP contribution is 2.39. The number of nitrogens with one attached hydrogen (secondary N) is 2. The highest BCUT2D eigenvalue weighted by Gasteiger charge is 2.43. The van der Waals surface area contributed by atoms with Crippen molar-refractivity contribution in [3.63, 3.8) is 0 Å². The quantitative estimate of drug-likeness (QED) is 0.211. The molecule has 194 valence electrons. The van der Waals surface area contributed by atoms with Crippen LogP contribution in [0, 0.1) is 12.8 Å². The number of benzene rings is 1. The topological polar surface area (TPSA) is 110 Å². The average Bonchev–Trinajstić information content (AvgIpc) is 3.29. The van der Waals surface area contributed by atoms with Gasteiger partial charge in [0.25, 0.3) is 0 Å². The third-order valence-corrected chi connectivity index (χ3v) is 9.39. The van der Waals surface area contributed by atoms with Gasteiger partial charge in [-0.2, -0.15) is 0 Å². The van der Waals surface area contributed by atoms with Crippen LogP contribution < -0.4 is 14.9 Å². The van der Waals surface area contributed by atoms with Crippen LogP contribution in [-0.2, 0) is 22.8 Å². The summed E-state index contributed by atoms with van der Waals surface area (Å²) in [5.41, 5.74) is 5.11. The monoisotopic (exact) mass is 654 g/mol. The number of carbonyl (C=O) groups excluding carboxylic acids is 1. The molecule has 10 nitrogen and oxygen atoms in total. The minimum atomic E-state index is -1.29. The molecule has 3 heterocycles. The van der Waals surface area contributed by atoms with Gasteiger partial charge in [0.05, 0.1) is 47.6 Å². The molecule has 4 aromatic rings. The summed E-state index contributed by atoms with van der Waals surface area (Å²) in [5.74, 6) is 0.0837. The van der Waals surface area contributed by atoms with Gasteiger partial charge >= 0.3 is 0 Å². The van der Waals surface area contributed by atoms with Crippen molar-refractivity contribution in [2.75, 3.05) is 28.2 Å². The van der Waals surface area contributed by atoms with Crippen LogP contribution in [0.4, 0.5) is 27.3 Å². The van der Waals surface area contributed by atoms with Crippen molar-refractivity contribution in [3.8, 4) is 11.3 Å². The molecule has 1 aliphatic rings. The summed E-state index contributed by atoms with van der Waals surface area (Å²) in [4.78, 5) is 26.0. The summed E-state index contributed by atoms with van der Waals surface area (Å²) in [6.07, 6.45) is 4.60. The fourth-order valence-corrected chi connectivity index (χ4v) is 6.62. The maximum atomic E-state index is 13.5. The number of halogens is 2. The van der Waals surface area contributed by atoms with Crippen LogP contribution in [0.3, 0.4) is 0 Å². The lowest BCUT2D eigenvalue weighted by molar-refractivity contribution is -0.117. The van der Waals surface area contributed by atoms with Gasteiger partial charge in [0.2, 0.25) is 5.91 Å². The molecule has 1 fully saturated rings. The molecule has 2 N–H and O–H groups in total. The molecule has 5 rings (SSSR count). The molecule has 0 radical (unpaired) electrons. The number of nitrogens with zero attached hydrogens (tertiary/aromatic N) is 6. The van der Waals surface area contributed by atoms with Crippen LogP contribution in [0.5, 0.6) is 0 Å².